The van der Waals surface area contributed by atoms with Gasteiger partial charge in [-0.1, -0.05) is 6.42 Å². The first-order valence-electron chi connectivity index (χ1n) is 5.72. The van der Waals surface area contributed by atoms with E-state index in [0.717, 1.165) is 18.8 Å². The van der Waals surface area contributed by atoms with Crippen molar-refractivity contribution in [3.8, 4) is 0 Å². The largest absolute Gasteiger partial charge is 0.329 e. The van der Waals surface area contributed by atoms with Crippen molar-refractivity contribution in [3.05, 3.63) is 18.0 Å². The van der Waals surface area contributed by atoms with Gasteiger partial charge in [0.2, 0.25) is 0 Å². The standard InChI is InChI=1S/C11H20N4/c1-14-7-5-10(13-14)9-15-6-3-2-4-11(15)8-12/h5,7,11H,2-4,6,8-9,12H2,1H3. The Bertz CT molecular complexity index is 307. The summed E-state index contributed by atoms with van der Waals surface area (Å²) in [5, 5.41) is 4.41. The fraction of sp³-hybridized carbons (Fsp3) is 0.727. The summed E-state index contributed by atoms with van der Waals surface area (Å²) in [4.78, 5) is 2.46. The lowest BCUT2D eigenvalue weighted by Crippen LogP contribution is -2.43. The third kappa shape index (κ3) is 2.58. The second-order valence-electron chi connectivity index (χ2n) is 4.34. The van der Waals surface area contributed by atoms with E-state index >= 15 is 0 Å². The number of aryl methyl sites for hydroxylation is 1. The number of piperidine rings is 1. The minimum atomic E-state index is 0.556. The van der Waals surface area contributed by atoms with Gasteiger partial charge in [0.05, 0.1) is 5.69 Å². The van der Waals surface area contributed by atoms with E-state index in [1.165, 1.54) is 25.8 Å². The third-order valence-corrected chi connectivity index (χ3v) is 3.16. The second-order valence-corrected chi connectivity index (χ2v) is 4.34. The molecule has 0 aliphatic carbocycles. The first kappa shape index (κ1) is 10.6. The van der Waals surface area contributed by atoms with Crippen molar-refractivity contribution in [2.24, 2.45) is 12.8 Å². The molecular formula is C11H20N4. The zero-order chi connectivity index (χ0) is 10.7. The minimum Gasteiger partial charge on any atom is -0.329 e. The van der Waals surface area contributed by atoms with Crippen LogP contribution in [-0.2, 0) is 13.6 Å². The van der Waals surface area contributed by atoms with Crippen LogP contribution in [0.1, 0.15) is 25.0 Å². The molecule has 0 spiro atoms. The summed E-state index contributed by atoms with van der Waals surface area (Å²) >= 11 is 0. The predicted molar refractivity (Wildman–Crippen MR) is 60.3 cm³/mol. The molecule has 2 rings (SSSR count). The van der Waals surface area contributed by atoms with E-state index in [1.807, 2.05) is 17.9 Å². The molecule has 0 saturated carbocycles. The number of likely N-dealkylation sites (tertiary alicyclic amines) is 1. The number of rotatable bonds is 3. The SMILES string of the molecule is Cn1ccc(CN2CCCCC2CN)n1. The van der Waals surface area contributed by atoms with Gasteiger partial charge >= 0.3 is 0 Å². The molecule has 0 amide bonds. The van der Waals surface area contributed by atoms with Gasteiger partial charge in [0.25, 0.3) is 0 Å². The predicted octanol–water partition coefficient (Wildman–Crippen LogP) is 0.733. The van der Waals surface area contributed by atoms with Gasteiger partial charge in [-0.3, -0.25) is 9.58 Å². The van der Waals surface area contributed by atoms with Crippen LogP contribution >= 0.6 is 0 Å². The third-order valence-electron chi connectivity index (χ3n) is 3.16. The lowest BCUT2D eigenvalue weighted by atomic mass is 10.0. The molecule has 1 aromatic heterocycles. The van der Waals surface area contributed by atoms with Crippen LogP contribution in [0.15, 0.2) is 12.3 Å². The maximum absolute atomic E-state index is 5.79. The highest BCUT2D eigenvalue weighted by Crippen LogP contribution is 2.18. The average Bonchev–Trinajstić information content (AvgIpc) is 2.65. The van der Waals surface area contributed by atoms with E-state index in [-0.39, 0.29) is 0 Å². The topological polar surface area (TPSA) is 47.1 Å². The lowest BCUT2D eigenvalue weighted by Gasteiger charge is -2.34. The Morgan fingerprint density at radius 3 is 3.07 bits per heavy atom. The van der Waals surface area contributed by atoms with Crippen LogP contribution in [0.3, 0.4) is 0 Å². The maximum atomic E-state index is 5.79. The minimum absolute atomic E-state index is 0.556. The average molecular weight is 208 g/mol. The Labute approximate surface area is 91.1 Å². The van der Waals surface area contributed by atoms with Crippen molar-refractivity contribution >= 4 is 0 Å². The number of aromatic nitrogens is 2. The molecule has 1 aliphatic rings. The van der Waals surface area contributed by atoms with Crippen LogP contribution in [0.5, 0.6) is 0 Å². The Balaban J connectivity index is 1.97. The normalized spacial score (nSPS) is 23.2. The molecule has 1 unspecified atom stereocenters. The Kier molecular flexibility index (Phi) is 3.38. The molecular weight excluding hydrogens is 188 g/mol. The number of nitrogens with two attached hydrogens (primary N) is 1. The van der Waals surface area contributed by atoms with E-state index in [0.29, 0.717) is 6.04 Å². The van der Waals surface area contributed by atoms with Gasteiger partial charge in [0.1, 0.15) is 0 Å². The van der Waals surface area contributed by atoms with Gasteiger partial charge in [-0.15, -0.1) is 0 Å². The molecule has 1 saturated heterocycles. The zero-order valence-corrected chi connectivity index (χ0v) is 9.39. The highest BCUT2D eigenvalue weighted by atomic mass is 15.3. The van der Waals surface area contributed by atoms with E-state index in [2.05, 4.69) is 16.1 Å². The Morgan fingerprint density at radius 2 is 2.40 bits per heavy atom. The quantitative estimate of drug-likeness (QED) is 0.796. The number of hydrogen-bond acceptors (Lipinski definition) is 3. The molecule has 4 nitrogen and oxygen atoms in total. The van der Waals surface area contributed by atoms with Crippen LogP contribution in [0.4, 0.5) is 0 Å². The van der Waals surface area contributed by atoms with Gasteiger partial charge < -0.3 is 5.73 Å². The van der Waals surface area contributed by atoms with E-state index in [4.69, 9.17) is 5.73 Å². The molecule has 0 radical (unpaired) electrons. The molecule has 0 bridgehead atoms. The van der Waals surface area contributed by atoms with E-state index in [9.17, 15) is 0 Å². The van der Waals surface area contributed by atoms with Crippen molar-refractivity contribution in [3.63, 3.8) is 0 Å². The summed E-state index contributed by atoms with van der Waals surface area (Å²) in [6, 6.07) is 2.64. The number of hydrogen-bond donors (Lipinski definition) is 1. The van der Waals surface area contributed by atoms with Gasteiger partial charge in [0, 0.05) is 32.4 Å². The summed E-state index contributed by atoms with van der Waals surface area (Å²) in [5.74, 6) is 0. The molecule has 1 aliphatic heterocycles. The summed E-state index contributed by atoms with van der Waals surface area (Å²) < 4.78 is 1.86. The van der Waals surface area contributed by atoms with Gasteiger partial charge in [0.15, 0.2) is 0 Å². The fourth-order valence-electron chi connectivity index (χ4n) is 2.29. The van der Waals surface area contributed by atoms with Crippen molar-refractivity contribution in [2.45, 2.75) is 31.8 Å². The molecule has 2 N–H and O–H groups in total. The molecule has 1 fully saturated rings. The van der Waals surface area contributed by atoms with Crippen molar-refractivity contribution in [1.29, 1.82) is 0 Å². The Hall–Kier alpha value is -0.870. The van der Waals surface area contributed by atoms with Crippen LogP contribution < -0.4 is 5.73 Å². The highest BCUT2D eigenvalue weighted by Gasteiger charge is 2.21. The van der Waals surface area contributed by atoms with Crippen LogP contribution in [0.25, 0.3) is 0 Å². The highest BCUT2D eigenvalue weighted by molar-refractivity contribution is 4.99. The first-order valence-corrected chi connectivity index (χ1v) is 5.72. The summed E-state index contributed by atoms with van der Waals surface area (Å²) in [5.41, 5.74) is 6.94. The maximum Gasteiger partial charge on any atom is 0.0764 e. The van der Waals surface area contributed by atoms with Crippen molar-refractivity contribution in [2.75, 3.05) is 13.1 Å². The molecule has 84 valence electrons. The molecule has 2 heterocycles. The summed E-state index contributed by atoms with van der Waals surface area (Å²) in [6.07, 6.45) is 5.85. The summed E-state index contributed by atoms with van der Waals surface area (Å²) in [6.45, 7) is 2.88. The van der Waals surface area contributed by atoms with E-state index in [1.54, 1.807) is 0 Å². The van der Waals surface area contributed by atoms with Crippen LogP contribution in [-0.4, -0.2) is 33.8 Å². The van der Waals surface area contributed by atoms with Crippen LogP contribution in [0, 0.1) is 0 Å². The zero-order valence-electron chi connectivity index (χ0n) is 9.39. The second kappa shape index (κ2) is 4.77. The monoisotopic (exact) mass is 208 g/mol. The molecule has 15 heavy (non-hydrogen) atoms. The lowest BCUT2D eigenvalue weighted by molar-refractivity contribution is 0.143. The molecule has 1 atom stereocenters. The van der Waals surface area contributed by atoms with Gasteiger partial charge in [-0.2, -0.15) is 5.10 Å². The first-order chi connectivity index (χ1) is 7.29. The van der Waals surface area contributed by atoms with Crippen LogP contribution in [0.2, 0.25) is 0 Å². The van der Waals surface area contributed by atoms with Crippen molar-refractivity contribution in [1.82, 2.24) is 14.7 Å². The number of nitrogens with zero attached hydrogens (tertiary/aromatic N) is 3. The fourth-order valence-corrected chi connectivity index (χ4v) is 2.29. The Morgan fingerprint density at radius 1 is 1.53 bits per heavy atom. The van der Waals surface area contributed by atoms with Crippen molar-refractivity contribution < 1.29 is 0 Å². The van der Waals surface area contributed by atoms with E-state index < -0.39 is 0 Å². The summed E-state index contributed by atoms with van der Waals surface area (Å²) in [7, 11) is 1.96. The molecule has 0 aromatic carbocycles. The smallest absolute Gasteiger partial charge is 0.0764 e. The van der Waals surface area contributed by atoms with Gasteiger partial charge in [-0.25, -0.2) is 0 Å². The molecule has 1 aromatic rings. The van der Waals surface area contributed by atoms with Gasteiger partial charge in [-0.05, 0) is 25.5 Å². The molecule has 4 heteroatoms.